The summed E-state index contributed by atoms with van der Waals surface area (Å²) in [5.41, 5.74) is 5.95. The van der Waals surface area contributed by atoms with Crippen molar-refractivity contribution >= 4 is 34.0 Å². The quantitative estimate of drug-likeness (QED) is 0.308. The van der Waals surface area contributed by atoms with E-state index in [2.05, 4.69) is 71.2 Å². The molecule has 3 heterocycles. The summed E-state index contributed by atoms with van der Waals surface area (Å²) < 4.78 is 0. The molecule has 2 amide bonds. The van der Waals surface area contributed by atoms with Crippen LogP contribution in [0.1, 0.15) is 48.3 Å². The second-order valence-electron chi connectivity index (χ2n) is 11.6. The molecule has 3 aromatic carbocycles. The summed E-state index contributed by atoms with van der Waals surface area (Å²) in [7, 11) is 0. The monoisotopic (exact) mass is 565 g/mol. The second kappa shape index (κ2) is 11.1. The Bertz CT molecular complexity index is 1520. The maximum Gasteiger partial charge on any atom is 0.255 e. The molecule has 41 heavy (non-hydrogen) atoms. The van der Waals surface area contributed by atoms with Crippen LogP contribution >= 0.6 is 11.3 Å². The Morgan fingerprint density at radius 1 is 0.927 bits per heavy atom. The van der Waals surface area contributed by atoms with Crippen LogP contribution in [0.25, 0.3) is 11.1 Å². The van der Waals surface area contributed by atoms with E-state index >= 15 is 0 Å². The first kappa shape index (κ1) is 27.2. The molecule has 2 aliphatic rings. The summed E-state index contributed by atoms with van der Waals surface area (Å²) in [5, 5.41) is 5.22. The number of nitrogens with zero attached hydrogens (tertiary/aromatic N) is 4. The predicted molar refractivity (Wildman–Crippen MR) is 165 cm³/mol. The maximum atomic E-state index is 13.6. The lowest BCUT2D eigenvalue weighted by Crippen LogP contribution is -2.53. The molecule has 1 saturated heterocycles. The number of carbonyl (C=O) groups excluding carboxylic acids is 2. The molecule has 2 aliphatic heterocycles. The SMILES string of the molecule is CC(C)(C)N1CCN(c2ccc(-c3ccc4c(c3)CN([C@@H](C(=O)Nc3nccs3)c3ccccc3)C4=O)cc2)CC1. The first-order valence-electron chi connectivity index (χ1n) is 14.1. The van der Waals surface area contributed by atoms with Crippen molar-refractivity contribution in [1.82, 2.24) is 14.8 Å². The highest BCUT2D eigenvalue weighted by atomic mass is 32.1. The Labute approximate surface area is 245 Å². The average molecular weight is 566 g/mol. The Morgan fingerprint density at radius 3 is 2.29 bits per heavy atom. The van der Waals surface area contributed by atoms with Gasteiger partial charge in [0.05, 0.1) is 0 Å². The molecule has 210 valence electrons. The third kappa shape index (κ3) is 5.62. The Hall–Kier alpha value is -4.01. The Morgan fingerprint density at radius 2 is 1.63 bits per heavy atom. The third-order valence-electron chi connectivity index (χ3n) is 8.07. The fraction of sp³-hybridized carbons (Fsp3) is 0.303. The van der Waals surface area contributed by atoms with Crippen LogP contribution in [0.5, 0.6) is 0 Å². The van der Waals surface area contributed by atoms with Gasteiger partial charge in [0.1, 0.15) is 6.04 Å². The lowest BCUT2D eigenvalue weighted by Gasteiger charge is -2.43. The van der Waals surface area contributed by atoms with Gasteiger partial charge in [-0.3, -0.25) is 19.8 Å². The molecule has 1 fully saturated rings. The number of amides is 2. The molecule has 1 atom stereocenters. The van der Waals surface area contributed by atoms with Gasteiger partial charge in [-0.05, 0) is 67.3 Å². The fourth-order valence-corrected chi connectivity index (χ4v) is 6.33. The standard InChI is InChI=1S/C33H35N5O2S/c1-33(2,3)37-18-16-36(17-19-37)27-12-9-23(10-13-27)25-11-14-28-26(21-25)22-38(31(28)40)29(24-7-5-4-6-8-24)30(39)35-32-34-15-20-41-32/h4-15,20-21,29H,16-19,22H2,1-3H3,(H,34,35,39)/t29-/m1/s1. The fourth-order valence-electron chi connectivity index (χ4n) is 5.80. The molecular weight excluding hydrogens is 530 g/mol. The van der Waals surface area contributed by atoms with Gasteiger partial charge in [0.25, 0.3) is 11.8 Å². The molecule has 0 bridgehead atoms. The van der Waals surface area contributed by atoms with Crippen LogP contribution in [0.15, 0.2) is 84.4 Å². The summed E-state index contributed by atoms with van der Waals surface area (Å²) in [5.74, 6) is -0.411. The molecule has 7 nitrogen and oxygen atoms in total. The average Bonchev–Trinajstić information content (AvgIpc) is 3.61. The van der Waals surface area contributed by atoms with Crippen molar-refractivity contribution in [3.05, 3.63) is 101 Å². The van der Waals surface area contributed by atoms with Gasteiger partial charge in [-0.1, -0.05) is 48.5 Å². The topological polar surface area (TPSA) is 68.8 Å². The summed E-state index contributed by atoms with van der Waals surface area (Å²) in [6, 6.07) is 23.4. The van der Waals surface area contributed by atoms with Crippen LogP contribution in [-0.4, -0.2) is 58.3 Å². The minimum Gasteiger partial charge on any atom is -0.369 e. The van der Waals surface area contributed by atoms with E-state index in [9.17, 15) is 9.59 Å². The highest BCUT2D eigenvalue weighted by molar-refractivity contribution is 7.13. The molecule has 0 radical (unpaired) electrons. The van der Waals surface area contributed by atoms with Crippen LogP contribution < -0.4 is 10.2 Å². The minimum atomic E-state index is -0.763. The van der Waals surface area contributed by atoms with Gasteiger partial charge in [-0.15, -0.1) is 11.3 Å². The van der Waals surface area contributed by atoms with Crippen LogP contribution in [-0.2, 0) is 11.3 Å². The molecule has 0 unspecified atom stereocenters. The van der Waals surface area contributed by atoms with E-state index in [0.717, 1.165) is 48.4 Å². The lowest BCUT2D eigenvalue weighted by atomic mass is 10.00. The zero-order valence-electron chi connectivity index (χ0n) is 23.7. The van der Waals surface area contributed by atoms with Crippen molar-refractivity contribution in [1.29, 1.82) is 0 Å². The minimum absolute atomic E-state index is 0.139. The third-order valence-corrected chi connectivity index (χ3v) is 8.76. The second-order valence-corrected chi connectivity index (χ2v) is 12.5. The number of fused-ring (bicyclic) bond motifs is 1. The number of piperazine rings is 1. The Balaban J connectivity index is 1.20. The number of benzene rings is 3. The molecule has 1 aromatic heterocycles. The number of rotatable bonds is 6. The molecule has 1 N–H and O–H groups in total. The summed E-state index contributed by atoms with van der Waals surface area (Å²) in [6.07, 6.45) is 1.65. The van der Waals surface area contributed by atoms with E-state index in [1.807, 2.05) is 47.8 Å². The van der Waals surface area contributed by atoms with E-state index in [0.29, 0.717) is 17.2 Å². The first-order chi connectivity index (χ1) is 19.8. The normalized spacial score (nSPS) is 16.5. The number of aromatic nitrogens is 1. The number of thiazole rings is 1. The van der Waals surface area contributed by atoms with Crippen molar-refractivity contribution < 1.29 is 9.59 Å². The highest BCUT2D eigenvalue weighted by Crippen LogP contribution is 2.35. The zero-order valence-corrected chi connectivity index (χ0v) is 24.5. The van der Waals surface area contributed by atoms with E-state index in [1.54, 1.807) is 11.1 Å². The van der Waals surface area contributed by atoms with Crippen LogP contribution in [0.4, 0.5) is 10.8 Å². The lowest BCUT2D eigenvalue weighted by molar-refractivity contribution is -0.120. The van der Waals surface area contributed by atoms with Crippen molar-refractivity contribution in [2.75, 3.05) is 36.4 Å². The molecule has 0 aliphatic carbocycles. The molecule has 0 spiro atoms. The summed E-state index contributed by atoms with van der Waals surface area (Å²) in [4.78, 5) is 37.9. The highest BCUT2D eigenvalue weighted by Gasteiger charge is 2.38. The number of hydrogen-bond acceptors (Lipinski definition) is 6. The number of anilines is 2. The predicted octanol–water partition coefficient (Wildman–Crippen LogP) is 6.07. The van der Waals surface area contributed by atoms with Crippen molar-refractivity contribution in [3.8, 4) is 11.1 Å². The largest absolute Gasteiger partial charge is 0.369 e. The first-order valence-corrected chi connectivity index (χ1v) is 15.0. The molecule has 0 saturated carbocycles. The van der Waals surface area contributed by atoms with Crippen molar-refractivity contribution in [2.24, 2.45) is 0 Å². The molecular formula is C33H35N5O2S. The molecule has 8 heteroatoms. The maximum absolute atomic E-state index is 13.6. The molecule has 4 aromatic rings. The van der Waals surface area contributed by atoms with Gasteiger partial charge in [-0.25, -0.2) is 4.98 Å². The number of nitrogens with one attached hydrogen (secondary N) is 1. The zero-order chi connectivity index (χ0) is 28.6. The van der Waals surface area contributed by atoms with Crippen molar-refractivity contribution in [3.63, 3.8) is 0 Å². The van der Waals surface area contributed by atoms with Gasteiger partial charge < -0.3 is 9.80 Å². The number of hydrogen-bond donors (Lipinski definition) is 1. The molecule has 6 rings (SSSR count). The van der Waals surface area contributed by atoms with Crippen LogP contribution in [0, 0.1) is 0 Å². The van der Waals surface area contributed by atoms with E-state index in [-0.39, 0.29) is 17.4 Å². The van der Waals surface area contributed by atoms with Crippen LogP contribution in [0.2, 0.25) is 0 Å². The summed E-state index contributed by atoms with van der Waals surface area (Å²) in [6.45, 7) is 11.4. The van der Waals surface area contributed by atoms with Crippen molar-refractivity contribution in [2.45, 2.75) is 38.9 Å². The smallest absolute Gasteiger partial charge is 0.255 e. The van der Waals surface area contributed by atoms with E-state index in [4.69, 9.17) is 0 Å². The van der Waals surface area contributed by atoms with Crippen LogP contribution in [0.3, 0.4) is 0 Å². The van der Waals surface area contributed by atoms with E-state index in [1.165, 1.54) is 17.0 Å². The van der Waals surface area contributed by atoms with Gasteiger partial charge in [-0.2, -0.15) is 0 Å². The van der Waals surface area contributed by atoms with Gasteiger partial charge in [0.15, 0.2) is 5.13 Å². The van der Waals surface area contributed by atoms with E-state index < -0.39 is 6.04 Å². The number of carbonyl (C=O) groups is 2. The summed E-state index contributed by atoms with van der Waals surface area (Å²) >= 11 is 1.35. The van der Waals surface area contributed by atoms with Gasteiger partial charge in [0, 0.05) is 61.1 Å². The Kier molecular flexibility index (Phi) is 7.36. The van der Waals surface area contributed by atoms with Gasteiger partial charge >= 0.3 is 0 Å². The van der Waals surface area contributed by atoms with Gasteiger partial charge in [0.2, 0.25) is 0 Å².